The second-order valence-electron chi connectivity index (χ2n) is 5.14. The predicted octanol–water partition coefficient (Wildman–Crippen LogP) is 5.82. The molecule has 1 fully saturated rings. The molecular weight excluding hydrogens is 510 g/mol. The third-order valence-corrected chi connectivity index (χ3v) is 6.84. The van der Waals surface area contributed by atoms with Crippen LogP contribution in [0, 0.1) is 0 Å². The number of aromatic hydroxyl groups is 1. The number of amides is 2. The van der Waals surface area contributed by atoms with Crippen molar-refractivity contribution in [1.29, 1.82) is 0 Å². The van der Waals surface area contributed by atoms with Crippen molar-refractivity contribution in [1.82, 2.24) is 0 Å². The second-order valence-corrected chi connectivity index (χ2v) is 8.15. The summed E-state index contributed by atoms with van der Waals surface area (Å²) < 4.78 is 6.05. The summed E-state index contributed by atoms with van der Waals surface area (Å²) in [7, 11) is 1.42. The van der Waals surface area contributed by atoms with Gasteiger partial charge in [0.05, 0.1) is 22.2 Å². The maximum atomic E-state index is 12.7. The van der Waals surface area contributed by atoms with Crippen LogP contribution in [0.15, 0.2) is 44.2 Å². The monoisotopic (exact) mass is 517 g/mol. The standard InChI is InChI=1S/C17H10Br2ClNO4S/c1-25-11-6-8(13(18)14(19)15(11)22)7-12-16(23)21(17(24)26-12)10-4-2-9(20)3-5-10/h2-7,22H,1H3/b12-7+. The van der Waals surface area contributed by atoms with E-state index in [1.54, 1.807) is 36.4 Å². The van der Waals surface area contributed by atoms with E-state index in [2.05, 4.69) is 31.9 Å². The lowest BCUT2D eigenvalue weighted by atomic mass is 10.1. The van der Waals surface area contributed by atoms with E-state index >= 15 is 0 Å². The van der Waals surface area contributed by atoms with Crippen molar-refractivity contribution >= 4 is 78.1 Å². The highest BCUT2D eigenvalue weighted by atomic mass is 79.9. The Morgan fingerprint density at radius 2 is 1.85 bits per heavy atom. The summed E-state index contributed by atoms with van der Waals surface area (Å²) in [6.07, 6.45) is 1.57. The first-order chi connectivity index (χ1) is 12.3. The predicted molar refractivity (Wildman–Crippen MR) is 110 cm³/mol. The molecule has 0 bridgehead atoms. The van der Waals surface area contributed by atoms with Crippen molar-refractivity contribution in [2.24, 2.45) is 0 Å². The number of halogens is 3. The van der Waals surface area contributed by atoms with Gasteiger partial charge in [0.15, 0.2) is 11.5 Å². The highest BCUT2D eigenvalue weighted by Crippen LogP contribution is 2.44. The smallest absolute Gasteiger partial charge is 0.298 e. The Morgan fingerprint density at radius 1 is 1.19 bits per heavy atom. The van der Waals surface area contributed by atoms with Crippen LogP contribution in [0.25, 0.3) is 6.08 Å². The highest BCUT2D eigenvalue weighted by Gasteiger charge is 2.36. The number of hydrogen-bond acceptors (Lipinski definition) is 5. The summed E-state index contributed by atoms with van der Waals surface area (Å²) in [5, 5.41) is 10.1. The summed E-state index contributed by atoms with van der Waals surface area (Å²) in [5.74, 6) is -0.258. The first-order valence-corrected chi connectivity index (χ1v) is 9.90. The number of anilines is 1. The molecular formula is C17H10Br2ClNO4S. The zero-order valence-corrected chi connectivity index (χ0v) is 17.9. The third kappa shape index (κ3) is 3.51. The van der Waals surface area contributed by atoms with Crippen LogP contribution in [-0.4, -0.2) is 23.4 Å². The Kier molecular flexibility index (Phi) is 5.67. The molecule has 2 aromatic rings. The van der Waals surface area contributed by atoms with Crippen LogP contribution in [0.5, 0.6) is 11.5 Å². The topological polar surface area (TPSA) is 66.8 Å². The molecule has 0 atom stereocenters. The van der Waals surface area contributed by atoms with Crippen LogP contribution >= 0.6 is 55.2 Å². The zero-order chi connectivity index (χ0) is 19.0. The Labute approximate surface area is 175 Å². The fourth-order valence-electron chi connectivity index (χ4n) is 2.29. The van der Waals surface area contributed by atoms with Crippen molar-refractivity contribution < 1.29 is 19.4 Å². The van der Waals surface area contributed by atoms with E-state index in [9.17, 15) is 14.7 Å². The lowest BCUT2D eigenvalue weighted by Gasteiger charge is -2.12. The summed E-state index contributed by atoms with van der Waals surface area (Å²) in [6, 6.07) is 8.01. The second kappa shape index (κ2) is 7.64. The molecule has 26 heavy (non-hydrogen) atoms. The Balaban J connectivity index is 2.01. The number of methoxy groups -OCH3 is 1. The molecule has 9 heteroatoms. The summed E-state index contributed by atoms with van der Waals surface area (Å²) in [6.45, 7) is 0. The van der Waals surface area contributed by atoms with Crippen molar-refractivity contribution in [2.75, 3.05) is 12.0 Å². The number of imide groups is 1. The molecule has 2 aromatic carbocycles. The number of benzene rings is 2. The fraction of sp³-hybridized carbons (Fsp3) is 0.0588. The van der Waals surface area contributed by atoms with Gasteiger partial charge in [-0.2, -0.15) is 0 Å². The van der Waals surface area contributed by atoms with Gasteiger partial charge in [-0.3, -0.25) is 9.59 Å². The molecule has 0 spiro atoms. The van der Waals surface area contributed by atoms with Gasteiger partial charge in [0.25, 0.3) is 11.1 Å². The fourth-order valence-corrected chi connectivity index (χ4v) is 4.09. The summed E-state index contributed by atoms with van der Waals surface area (Å²) in [4.78, 5) is 26.4. The molecule has 1 heterocycles. The number of rotatable bonds is 3. The summed E-state index contributed by atoms with van der Waals surface area (Å²) >= 11 is 13.3. The van der Waals surface area contributed by atoms with Gasteiger partial charge in [0.1, 0.15) is 0 Å². The van der Waals surface area contributed by atoms with Crippen LogP contribution in [0.1, 0.15) is 5.56 Å². The number of carbonyl (C=O) groups is 2. The Hall–Kier alpha value is -1.48. The zero-order valence-electron chi connectivity index (χ0n) is 13.1. The van der Waals surface area contributed by atoms with Crippen LogP contribution in [-0.2, 0) is 4.79 Å². The van der Waals surface area contributed by atoms with E-state index < -0.39 is 11.1 Å². The Morgan fingerprint density at radius 3 is 2.46 bits per heavy atom. The average molecular weight is 520 g/mol. The number of ether oxygens (including phenoxy) is 1. The van der Waals surface area contributed by atoms with Gasteiger partial charge in [-0.05, 0) is 85.6 Å². The maximum Gasteiger partial charge on any atom is 0.298 e. The van der Waals surface area contributed by atoms with Crippen molar-refractivity contribution in [2.45, 2.75) is 0 Å². The lowest BCUT2D eigenvalue weighted by Crippen LogP contribution is -2.27. The number of phenolic OH excluding ortho intramolecular Hbond substituents is 1. The molecule has 0 unspecified atom stereocenters. The van der Waals surface area contributed by atoms with Gasteiger partial charge < -0.3 is 9.84 Å². The molecule has 1 aliphatic heterocycles. The number of hydrogen-bond donors (Lipinski definition) is 1. The SMILES string of the molecule is COc1cc(/C=C2/SC(=O)N(c3ccc(Cl)cc3)C2=O)c(Br)c(Br)c1O. The minimum Gasteiger partial charge on any atom is -0.503 e. The summed E-state index contributed by atoms with van der Waals surface area (Å²) in [5.41, 5.74) is 1.02. The van der Waals surface area contributed by atoms with Gasteiger partial charge in [0.2, 0.25) is 0 Å². The molecule has 5 nitrogen and oxygen atoms in total. The quantitative estimate of drug-likeness (QED) is 0.518. The maximum absolute atomic E-state index is 12.7. The van der Waals surface area contributed by atoms with Crippen LogP contribution in [0.4, 0.5) is 10.5 Å². The van der Waals surface area contributed by atoms with E-state index in [0.29, 0.717) is 25.2 Å². The molecule has 0 saturated carbocycles. The van der Waals surface area contributed by atoms with Crippen molar-refractivity contribution in [3.05, 3.63) is 54.8 Å². The van der Waals surface area contributed by atoms with Crippen molar-refractivity contribution in [3.8, 4) is 11.5 Å². The van der Waals surface area contributed by atoms with Gasteiger partial charge in [-0.15, -0.1) is 0 Å². The van der Waals surface area contributed by atoms with Crippen molar-refractivity contribution in [3.63, 3.8) is 0 Å². The number of carbonyl (C=O) groups excluding carboxylic acids is 2. The molecule has 1 aliphatic rings. The van der Waals surface area contributed by atoms with E-state index in [1.165, 1.54) is 7.11 Å². The average Bonchev–Trinajstić information content (AvgIpc) is 2.90. The van der Waals surface area contributed by atoms with Crippen LogP contribution < -0.4 is 9.64 Å². The minimum atomic E-state index is -0.433. The highest BCUT2D eigenvalue weighted by molar-refractivity contribution is 9.13. The molecule has 1 N–H and O–H groups in total. The molecule has 0 aromatic heterocycles. The lowest BCUT2D eigenvalue weighted by molar-refractivity contribution is -0.113. The first-order valence-electron chi connectivity index (χ1n) is 7.12. The normalized spacial score (nSPS) is 15.8. The van der Waals surface area contributed by atoms with E-state index in [0.717, 1.165) is 16.7 Å². The minimum absolute atomic E-state index is 0.0641. The van der Waals surface area contributed by atoms with Gasteiger partial charge in [-0.25, -0.2) is 4.90 Å². The Bertz CT molecular complexity index is 947. The number of thioether (sulfide) groups is 1. The first kappa shape index (κ1) is 19.3. The van der Waals surface area contributed by atoms with Gasteiger partial charge >= 0.3 is 0 Å². The molecule has 1 saturated heterocycles. The van der Waals surface area contributed by atoms with Gasteiger partial charge in [-0.1, -0.05) is 11.6 Å². The van der Waals surface area contributed by atoms with E-state index in [-0.39, 0.29) is 16.4 Å². The molecule has 0 aliphatic carbocycles. The van der Waals surface area contributed by atoms with E-state index in [1.807, 2.05) is 0 Å². The molecule has 2 amide bonds. The van der Waals surface area contributed by atoms with Crippen LogP contribution in [0.3, 0.4) is 0 Å². The van der Waals surface area contributed by atoms with Gasteiger partial charge in [0, 0.05) is 9.50 Å². The third-order valence-electron chi connectivity index (χ3n) is 3.56. The molecule has 3 rings (SSSR count). The molecule has 0 radical (unpaired) electrons. The molecule has 134 valence electrons. The number of phenols is 1. The van der Waals surface area contributed by atoms with Crippen LogP contribution in [0.2, 0.25) is 5.02 Å². The largest absolute Gasteiger partial charge is 0.503 e. The number of nitrogens with zero attached hydrogens (tertiary/aromatic N) is 1. The van der Waals surface area contributed by atoms with E-state index in [4.69, 9.17) is 16.3 Å².